The average Bonchev–Trinajstić information content (AvgIpc) is 2.85. The summed E-state index contributed by atoms with van der Waals surface area (Å²) >= 11 is 0. The first-order valence-corrected chi connectivity index (χ1v) is 9.99. The number of alkyl carbamates (subject to hydrolysis) is 1. The number of carbonyl (C=O) groups excluding carboxylic acids is 2. The van der Waals surface area contributed by atoms with E-state index in [1.807, 2.05) is 13.8 Å². The molecule has 2 atom stereocenters. The van der Waals surface area contributed by atoms with Gasteiger partial charge < -0.3 is 15.4 Å². The summed E-state index contributed by atoms with van der Waals surface area (Å²) in [6, 6.07) is 0.315. The zero-order valence-electron chi connectivity index (χ0n) is 16.1. The lowest BCUT2D eigenvalue weighted by atomic mass is 10.0. The van der Waals surface area contributed by atoms with Crippen LogP contribution < -0.4 is 10.6 Å². The molecule has 0 aromatic rings. The minimum Gasteiger partial charge on any atom is -0.450 e. The quantitative estimate of drug-likeness (QED) is 0.720. The molecule has 2 aliphatic rings. The Balaban J connectivity index is 1.83. The maximum absolute atomic E-state index is 12.6. The highest BCUT2D eigenvalue weighted by Crippen LogP contribution is 2.25. The Morgan fingerprint density at radius 3 is 2.40 bits per heavy atom. The van der Waals surface area contributed by atoms with Gasteiger partial charge in [0.25, 0.3) is 0 Å². The van der Waals surface area contributed by atoms with Gasteiger partial charge in [0.2, 0.25) is 5.91 Å². The highest BCUT2D eigenvalue weighted by atomic mass is 16.5. The van der Waals surface area contributed by atoms with Crippen molar-refractivity contribution in [1.82, 2.24) is 15.5 Å². The van der Waals surface area contributed by atoms with Crippen LogP contribution in [0.2, 0.25) is 0 Å². The van der Waals surface area contributed by atoms with Crippen LogP contribution in [0.15, 0.2) is 0 Å². The highest BCUT2D eigenvalue weighted by Gasteiger charge is 2.32. The fraction of sp³-hybridized carbons (Fsp3) is 0.895. The van der Waals surface area contributed by atoms with Gasteiger partial charge in [-0.1, -0.05) is 39.5 Å². The third-order valence-electron chi connectivity index (χ3n) is 5.41. The molecular formula is C19H35N3O3. The molecular weight excluding hydrogens is 318 g/mol. The molecule has 0 spiro atoms. The van der Waals surface area contributed by atoms with Gasteiger partial charge in [-0.3, -0.25) is 9.69 Å². The number of likely N-dealkylation sites (tertiary alicyclic amines) is 1. The Bertz CT molecular complexity index is 434. The first-order chi connectivity index (χ1) is 12.0. The first kappa shape index (κ1) is 20.0. The van der Waals surface area contributed by atoms with Crippen molar-refractivity contribution in [3.05, 3.63) is 0 Å². The van der Waals surface area contributed by atoms with E-state index in [1.165, 1.54) is 38.5 Å². The Kier molecular flexibility index (Phi) is 8.00. The number of ether oxygens (including phenoxy) is 1. The summed E-state index contributed by atoms with van der Waals surface area (Å²) in [5, 5.41) is 5.83. The Morgan fingerprint density at radius 2 is 1.80 bits per heavy atom. The van der Waals surface area contributed by atoms with Crippen LogP contribution in [-0.4, -0.2) is 54.7 Å². The van der Waals surface area contributed by atoms with Gasteiger partial charge in [-0.05, 0) is 32.1 Å². The van der Waals surface area contributed by atoms with Gasteiger partial charge in [0.15, 0.2) is 0 Å². The van der Waals surface area contributed by atoms with E-state index in [0.717, 1.165) is 19.5 Å². The van der Waals surface area contributed by atoms with Gasteiger partial charge in [-0.25, -0.2) is 4.79 Å². The van der Waals surface area contributed by atoms with E-state index < -0.39 is 12.1 Å². The summed E-state index contributed by atoms with van der Waals surface area (Å²) in [4.78, 5) is 26.8. The van der Waals surface area contributed by atoms with E-state index in [0.29, 0.717) is 12.6 Å². The normalized spacial score (nSPS) is 23.9. The Morgan fingerprint density at radius 1 is 1.12 bits per heavy atom. The molecule has 1 aliphatic carbocycles. The number of amides is 2. The van der Waals surface area contributed by atoms with Gasteiger partial charge in [0.1, 0.15) is 6.04 Å². The maximum atomic E-state index is 12.6. The van der Waals surface area contributed by atoms with E-state index in [1.54, 1.807) is 6.92 Å². The standard InChI is InChI=1S/C19H35N3O3/c1-4-25-19(24)21-17(14(2)3)18(23)20-15-11-12-22(13-15)16-9-7-5-6-8-10-16/h14-17H,4-13H2,1-3H3,(H,20,23)(H,21,24). The monoisotopic (exact) mass is 353 g/mol. The van der Waals surface area contributed by atoms with E-state index in [4.69, 9.17) is 4.74 Å². The van der Waals surface area contributed by atoms with Gasteiger partial charge in [0, 0.05) is 25.2 Å². The first-order valence-electron chi connectivity index (χ1n) is 9.99. The van der Waals surface area contributed by atoms with Gasteiger partial charge in [-0.2, -0.15) is 0 Å². The molecule has 1 heterocycles. The molecule has 2 rings (SSSR count). The van der Waals surface area contributed by atoms with Crippen molar-refractivity contribution in [3.8, 4) is 0 Å². The number of nitrogens with zero attached hydrogens (tertiary/aromatic N) is 1. The predicted octanol–water partition coefficient (Wildman–Crippen LogP) is 2.67. The van der Waals surface area contributed by atoms with Gasteiger partial charge in [0.05, 0.1) is 6.61 Å². The van der Waals surface area contributed by atoms with Gasteiger partial charge in [-0.15, -0.1) is 0 Å². The van der Waals surface area contributed by atoms with Crippen LogP contribution in [0.25, 0.3) is 0 Å². The van der Waals surface area contributed by atoms with E-state index in [-0.39, 0.29) is 17.9 Å². The number of carbonyl (C=O) groups is 2. The summed E-state index contributed by atoms with van der Waals surface area (Å²) in [5.41, 5.74) is 0. The number of hydrogen-bond acceptors (Lipinski definition) is 4. The second-order valence-electron chi connectivity index (χ2n) is 7.72. The van der Waals surface area contributed by atoms with Crippen molar-refractivity contribution >= 4 is 12.0 Å². The Labute approximate surface area is 152 Å². The third kappa shape index (κ3) is 6.17. The molecule has 0 aromatic carbocycles. The number of nitrogens with one attached hydrogen (secondary N) is 2. The van der Waals surface area contributed by atoms with Crippen LogP contribution in [0, 0.1) is 5.92 Å². The second kappa shape index (κ2) is 10.00. The molecule has 25 heavy (non-hydrogen) atoms. The van der Waals surface area contributed by atoms with Crippen molar-refractivity contribution in [2.75, 3.05) is 19.7 Å². The predicted molar refractivity (Wildman–Crippen MR) is 98.4 cm³/mol. The highest BCUT2D eigenvalue weighted by molar-refractivity contribution is 5.86. The molecule has 1 aliphatic heterocycles. The minimum absolute atomic E-state index is 0.0174. The summed E-state index contributed by atoms with van der Waals surface area (Å²) < 4.78 is 4.91. The Hall–Kier alpha value is -1.30. The molecule has 2 unspecified atom stereocenters. The summed E-state index contributed by atoms with van der Waals surface area (Å²) in [7, 11) is 0. The van der Waals surface area contributed by atoms with Crippen LogP contribution in [-0.2, 0) is 9.53 Å². The zero-order chi connectivity index (χ0) is 18.2. The molecule has 6 nitrogen and oxygen atoms in total. The number of rotatable bonds is 6. The van der Waals surface area contributed by atoms with Crippen molar-refractivity contribution in [2.24, 2.45) is 5.92 Å². The fourth-order valence-corrected chi connectivity index (χ4v) is 3.99. The van der Waals surface area contributed by atoms with Crippen molar-refractivity contribution in [2.45, 2.75) is 83.8 Å². The molecule has 144 valence electrons. The molecule has 1 saturated carbocycles. The second-order valence-corrected chi connectivity index (χ2v) is 7.72. The SMILES string of the molecule is CCOC(=O)NC(C(=O)NC1CCN(C2CCCCCC2)C1)C(C)C. The fourth-order valence-electron chi connectivity index (χ4n) is 3.99. The lowest BCUT2D eigenvalue weighted by Gasteiger charge is -2.27. The van der Waals surface area contributed by atoms with Crippen LogP contribution in [0.5, 0.6) is 0 Å². The van der Waals surface area contributed by atoms with Crippen molar-refractivity contribution in [3.63, 3.8) is 0 Å². The van der Waals surface area contributed by atoms with E-state index in [2.05, 4.69) is 15.5 Å². The largest absolute Gasteiger partial charge is 0.450 e. The molecule has 2 amide bonds. The topological polar surface area (TPSA) is 70.7 Å². The average molecular weight is 354 g/mol. The van der Waals surface area contributed by atoms with Crippen molar-refractivity contribution in [1.29, 1.82) is 0 Å². The van der Waals surface area contributed by atoms with Crippen LogP contribution in [0.1, 0.15) is 65.7 Å². The number of hydrogen-bond donors (Lipinski definition) is 2. The van der Waals surface area contributed by atoms with Gasteiger partial charge >= 0.3 is 6.09 Å². The van der Waals surface area contributed by atoms with E-state index >= 15 is 0 Å². The summed E-state index contributed by atoms with van der Waals surface area (Å²) in [6.45, 7) is 7.92. The molecule has 2 fully saturated rings. The molecule has 0 bridgehead atoms. The lowest BCUT2D eigenvalue weighted by molar-refractivity contribution is -0.124. The van der Waals surface area contributed by atoms with Crippen molar-refractivity contribution < 1.29 is 14.3 Å². The lowest BCUT2D eigenvalue weighted by Crippen LogP contribution is -2.52. The van der Waals surface area contributed by atoms with Crippen LogP contribution >= 0.6 is 0 Å². The smallest absolute Gasteiger partial charge is 0.407 e. The molecule has 2 N–H and O–H groups in total. The summed E-state index contributed by atoms with van der Waals surface area (Å²) in [6.07, 6.45) is 8.43. The molecule has 0 radical (unpaired) electrons. The zero-order valence-corrected chi connectivity index (χ0v) is 16.1. The molecule has 0 aromatic heterocycles. The third-order valence-corrected chi connectivity index (χ3v) is 5.41. The summed E-state index contributed by atoms with van der Waals surface area (Å²) in [5.74, 6) is -0.0838. The van der Waals surface area contributed by atoms with E-state index in [9.17, 15) is 9.59 Å². The maximum Gasteiger partial charge on any atom is 0.407 e. The molecule has 6 heteroatoms. The van der Waals surface area contributed by atoms with Crippen LogP contribution in [0.3, 0.4) is 0 Å². The van der Waals surface area contributed by atoms with Crippen LogP contribution in [0.4, 0.5) is 4.79 Å². The minimum atomic E-state index is -0.550. The molecule has 1 saturated heterocycles.